The van der Waals surface area contributed by atoms with Crippen LogP contribution in [0.5, 0.6) is 5.75 Å². The van der Waals surface area contributed by atoms with Crippen LogP contribution in [-0.4, -0.2) is 79.7 Å². The van der Waals surface area contributed by atoms with Crippen LogP contribution in [0.25, 0.3) is 17.9 Å². The molecule has 0 saturated heterocycles. The Bertz CT molecular complexity index is 1560. The summed E-state index contributed by atoms with van der Waals surface area (Å²) < 4.78 is 13.2. The number of carbonyl (C=O) groups is 3. The standard InChI is InChI=1S/C29H27FN2O8/c1-32(2)21-20-23(34)16-11-14-8-7-13(6-3-12-4-9-15(30)10-5-12)22(33)17(14)24(35)18(16)26(37)29(20,40)27(38)19(25(21)36)28(31)39/h3-10,16,20-21,23,33-35,38,40H,11H2,1-2H3,(H2,31,39)/b6-3+/t16-,20-,21+,23+,29+/m0/s1. The summed E-state index contributed by atoms with van der Waals surface area (Å²) in [5.74, 6) is -9.07. The van der Waals surface area contributed by atoms with Crippen molar-refractivity contribution in [3.8, 4) is 5.75 Å². The molecule has 0 unspecified atom stereocenters. The van der Waals surface area contributed by atoms with Gasteiger partial charge in [0.1, 0.15) is 28.7 Å². The Kier molecular flexibility index (Phi) is 6.41. The number of likely N-dealkylation sites (N-methyl/N-ethyl adjacent to an activating group) is 1. The van der Waals surface area contributed by atoms with Crippen molar-refractivity contribution in [2.75, 3.05) is 14.1 Å². The summed E-state index contributed by atoms with van der Waals surface area (Å²) >= 11 is 0. The maximum Gasteiger partial charge on any atom is 0.255 e. The molecular formula is C29H27FN2O8. The van der Waals surface area contributed by atoms with Crippen molar-refractivity contribution >= 4 is 35.4 Å². The van der Waals surface area contributed by atoms with Crippen LogP contribution in [0.1, 0.15) is 22.3 Å². The smallest absolute Gasteiger partial charge is 0.255 e. The molecule has 0 bridgehead atoms. The highest BCUT2D eigenvalue weighted by Crippen LogP contribution is 2.53. The second-order valence-electron chi connectivity index (χ2n) is 10.5. The molecule has 3 aliphatic carbocycles. The van der Waals surface area contributed by atoms with Crippen molar-refractivity contribution in [1.29, 1.82) is 0 Å². The highest BCUT2D eigenvalue weighted by Gasteiger charge is 2.67. The summed E-state index contributed by atoms with van der Waals surface area (Å²) in [6.07, 6.45) is 1.44. The Morgan fingerprint density at radius 2 is 1.73 bits per heavy atom. The third-order valence-corrected chi connectivity index (χ3v) is 8.03. The second kappa shape index (κ2) is 9.40. The summed E-state index contributed by atoms with van der Waals surface area (Å²) in [6, 6.07) is 7.37. The van der Waals surface area contributed by atoms with E-state index in [2.05, 4.69) is 0 Å². The predicted molar refractivity (Wildman–Crippen MR) is 141 cm³/mol. The van der Waals surface area contributed by atoms with Crippen molar-refractivity contribution < 1.29 is 44.3 Å². The van der Waals surface area contributed by atoms with Gasteiger partial charge >= 0.3 is 0 Å². The quantitative estimate of drug-likeness (QED) is 0.241. The van der Waals surface area contributed by atoms with Gasteiger partial charge in [-0.3, -0.25) is 19.3 Å². The van der Waals surface area contributed by atoms with E-state index in [9.17, 15) is 44.3 Å². The number of aliphatic hydroxyl groups is 4. The number of amides is 1. The molecule has 1 amide bonds. The third kappa shape index (κ3) is 3.77. The van der Waals surface area contributed by atoms with E-state index >= 15 is 0 Å². The van der Waals surface area contributed by atoms with E-state index in [0.29, 0.717) is 11.1 Å². The molecular weight excluding hydrogens is 523 g/mol. The second-order valence-corrected chi connectivity index (χ2v) is 10.5. The molecule has 0 heterocycles. The number of aliphatic hydroxyl groups excluding tert-OH is 3. The average molecular weight is 551 g/mol. The fourth-order valence-corrected chi connectivity index (χ4v) is 6.14. The first kappa shape index (κ1) is 27.3. The number of Topliss-reactive ketones (excluding diaryl/α,β-unsaturated/α-hetero) is 2. The largest absolute Gasteiger partial charge is 0.508 e. The Labute approximate surface area is 227 Å². The van der Waals surface area contributed by atoms with E-state index in [1.807, 2.05) is 0 Å². The van der Waals surface area contributed by atoms with Crippen LogP contribution >= 0.6 is 0 Å². The lowest BCUT2D eigenvalue weighted by molar-refractivity contribution is -0.168. The molecule has 7 N–H and O–H groups in total. The molecule has 3 aliphatic rings. The number of nitrogens with zero attached hydrogens (tertiary/aromatic N) is 1. The lowest BCUT2D eigenvalue weighted by Gasteiger charge is -2.52. The number of ketones is 2. The monoisotopic (exact) mass is 550 g/mol. The van der Waals surface area contributed by atoms with Gasteiger partial charge in [0.2, 0.25) is 5.78 Å². The molecule has 208 valence electrons. The minimum atomic E-state index is -2.96. The Morgan fingerprint density at radius 1 is 1.07 bits per heavy atom. The number of fused-ring (bicyclic) bond motifs is 3. The summed E-state index contributed by atoms with van der Waals surface area (Å²) in [7, 11) is 2.89. The van der Waals surface area contributed by atoms with Crippen molar-refractivity contribution in [2.45, 2.75) is 24.2 Å². The first-order chi connectivity index (χ1) is 18.8. The van der Waals surface area contributed by atoms with Crippen LogP contribution in [-0.2, 0) is 20.8 Å². The summed E-state index contributed by atoms with van der Waals surface area (Å²) in [5, 5.41) is 56.4. The third-order valence-electron chi connectivity index (χ3n) is 8.03. The molecule has 11 heteroatoms. The zero-order valence-corrected chi connectivity index (χ0v) is 21.5. The van der Waals surface area contributed by atoms with Gasteiger partial charge in [-0.25, -0.2) is 4.39 Å². The van der Waals surface area contributed by atoms with Gasteiger partial charge in [-0.1, -0.05) is 36.4 Å². The molecule has 1 fully saturated rings. The van der Waals surface area contributed by atoms with Gasteiger partial charge in [-0.05, 0) is 43.8 Å². The summed E-state index contributed by atoms with van der Waals surface area (Å²) in [6.45, 7) is 0. The number of primary amides is 1. The molecule has 2 aromatic carbocycles. The van der Waals surface area contributed by atoms with Gasteiger partial charge in [0, 0.05) is 17.1 Å². The zero-order valence-electron chi connectivity index (χ0n) is 21.5. The highest BCUT2D eigenvalue weighted by atomic mass is 19.1. The number of rotatable bonds is 4. The minimum Gasteiger partial charge on any atom is -0.508 e. The van der Waals surface area contributed by atoms with E-state index in [1.165, 1.54) is 49.3 Å². The maximum absolute atomic E-state index is 13.9. The maximum atomic E-state index is 13.9. The van der Waals surface area contributed by atoms with Crippen LogP contribution in [0.3, 0.4) is 0 Å². The van der Waals surface area contributed by atoms with Crippen molar-refractivity contribution in [2.24, 2.45) is 17.6 Å². The number of benzene rings is 2. The predicted octanol–water partition coefficient (Wildman–Crippen LogP) is 1.24. The molecule has 0 aliphatic heterocycles. The average Bonchev–Trinajstić information content (AvgIpc) is 2.89. The molecule has 5 rings (SSSR count). The van der Waals surface area contributed by atoms with Gasteiger partial charge < -0.3 is 31.3 Å². The van der Waals surface area contributed by atoms with Crippen molar-refractivity contribution in [3.63, 3.8) is 0 Å². The number of halogens is 1. The molecule has 2 aromatic rings. The van der Waals surface area contributed by atoms with Crippen molar-refractivity contribution in [3.05, 3.63) is 81.4 Å². The number of hydrogen-bond acceptors (Lipinski definition) is 9. The topological polar surface area (TPSA) is 182 Å². The fraction of sp³-hybridized carbons (Fsp3) is 0.276. The Balaban J connectivity index is 1.66. The SMILES string of the molecule is CN(C)[C@H]1C(=O)C(C(N)=O)=C(O)[C@]2(O)C(=O)C3=C(O)c4c(ccc(/C=C/c5ccc(F)cc5)c4O)C[C@@H]3[C@@H](O)[C@H]12. The van der Waals surface area contributed by atoms with Gasteiger partial charge in [-0.15, -0.1) is 0 Å². The highest BCUT2D eigenvalue weighted by molar-refractivity contribution is 6.24. The first-order valence-electron chi connectivity index (χ1n) is 12.4. The van der Waals surface area contributed by atoms with Crippen LogP contribution in [0.2, 0.25) is 0 Å². The Hall–Kier alpha value is -4.32. The van der Waals surface area contributed by atoms with Crippen molar-refractivity contribution in [1.82, 2.24) is 4.90 Å². The van der Waals surface area contributed by atoms with Crippen LogP contribution in [0.15, 0.2) is 53.3 Å². The molecule has 10 nitrogen and oxygen atoms in total. The number of nitrogens with two attached hydrogens (primary N) is 1. The first-order valence-corrected chi connectivity index (χ1v) is 12.4. The molecule has 0 aromatic heterocycles. The van der Waals surface area contributed by atoms with Gasteiger partial charge in [0.15, 0.2) is 11.4 Å². The zero-order chi connectivity index (χ0) is 29.3. The van der Waals surface area contributed by atoms with Crippen LogP contribution < -0.4 is 5.73 Å². The van der Waals surface area contributed by atoms with Gasteiger partial charge in [0.05, 0.1) is 23.6 Å². The number of carbonyl (C=O) groups excluding carboxylic acids is 3. The van der Waals surface area contributed by atoms with E-state index < -0.39 is 81.3 Å². The molecule has 0 radical (unpaired) electrons. The molecule has 5 atom stereocenters. The van der Waals surface area contributed by atoms with Gasteiger partial charge in [-0.2, -0.15) is 0 Å². The summed E-state index contributed by atoms with van der Waals surface area (Å²) in [4.78, 5) is 40.4. The number of phenolic OH excluding ortho intramolecular Hbond substituents is 1. The summed E-state index contributed by atoms with van der Waals surface area (Å²) in [5.41, 5.74) is 2.09. The van der Waals surface area contributed by atoms with Crippen LogP contribution in [0, 0.1) is 17.7 Å². The Morgan fingerprint density at radius 3 is 2.33 bits per heavy atom. The van der Waals surface area contributed by atoms with E-state index in [0.717, 1.165) is 0 Å². The minimum absolute atomic E-state index is 0.0504. The number of hydrogen-bond donors (Lipinski definition) is 6. The van der Waals surface area contributed by atoms with E-state index in [1.54, 1.807) is 18.2 Å². The lowest BCUT2D eigenvalue weighted by atomic mass is 9.56. The lowest BCUT2D eigenvalue weighted by Crippen LogP contribution is -2.70. The molecule has 1 saturated carbocycles. The number of phenols is 1. The number of aromatic hydroxyl groups is 1. The van der Waals surface area contributed by atoms with E-state index in [-0.39, 0.29) is 17.5 Å². The van der Waals surface area contributed by atoms with Crippen LogP contribution in [0.4, 0.5) is 4.39 Å². The molecule has 40 heavy (non-hydrogen) atoms. The normalized spacial score (nSPS) is 28.1. The van der Waals surface area contributed by atoms with E-state index in [4.69, 9.17) is 5.73 Å². The fourth-order valence-electron chi connectivity index (χ4n) is 6.14. The molecule has 0 spiro atoms. The van der Waals surface area contributed by atoms with Gasteiger partial charge in [0.25, 0.3) is 5.91 Å².